The predicted molar refractivity (Wildman–Crippen MR) is 76.3 cm³/mol. The van der Waals surface area contributed by atoms with Crippen LogP contribution in [-0.4, -0.2) is 4.98 Å². The van der Waals surface area contributed by atoms with Crippen molar-refractivity contribution >= 4 is 16.5 Å². The molecular weight excluding hydrogens is 220 g/mol. The van der Waals surface area contributed by atoms with E-state index in [2.05, 4.69) is 17.1 Å². The summed E-state index contributed by atoms with van der Waals surface area (Å²) in [5.74, 6) is 0. The molecule has 18 heavy (non-hydrogen) atoms. The number of nitrogens with two attached hydrogens (primary N) is 1. The van der Waals surface area contributed by atoms with Crippen LogP contribution in [0.5, 0.6) is 0 Å². The van der Waals surface area contributed by atoms with Gasteiger partial charge in [0.05, 0.1) is 5.69 Å². The van der Waals surface area contributed by atoms with Crippen molar-refractivity contribution in [3.63, 3.8) is 0 Å². The molecule has 0 aliphatic heterocycles. The molecule has 0 amide bonds. The van der Waals surface area contributed by atoms with E-state index in [1.807, 2.05) is 49.4 Å². The molecule has 0 fully saturated rings. The van der Waals surface area contributed by atoms with Crippen LogP contribution in [0.2, 0.25) is 0 Å². The average Bonchev–Trinajstić information content (AvgIpc) is 2.39. The number of aromatic nitrogens is 1. The molecule has 0 atom stereocenters. The molecule has 2 nitrogen and oxygen atoms in total. The molecule has 2 N–H and O–H groups in total. The van der Waals surface area contributed by atoms with Gasteiger partial charge in [0.25, 0.3) is 0 Å². The smallest absolute Gasteiger partial charge is 0.0711 e. The number of nitrogens with zero attached hydrogens (tertiary/aromatic N) is 1. The lowest BCUT2D eigenvalue weighted by molar-refractivity contribution is 1.21. The number of fused-ring (bicyclic) bond motifs is 1. The van der Waals surface area contributed by atoms with E-state index in [1.165, 1.54) is 0 Å². The van der Waals surface area contributed by atoms with Crippen molar-refractivity contribution in [3.05, 3.63) is 60.3 Å². The van der Waals surface area contributed by atoms with Gasteiger partial charge in [-0.1, -0.05) is 36.4 Å². The summed E-state index contributed by atoms with van der Waals surface area (Å²) >= 11 is 0. The van der Waals surface area contributed by atoms with E-state index >= 15 is 0 Å². The standard InChI is InChI=1S/C16H14N2/c1-11-5-2-10-16(18-11)14-8-3-7-13-12(14)6-4-9-15(13)17/h2-10H,17H2,1H3. The Morgan fingerprint density at radius 3 is 2.39 bits per heavy atom. The van der Waals surface area contributed by atoms with Crippen molar-refractivity contribution in [1.82, 2.24) is 4.98 Å². The molecule has 0 radical (unpaired) electrons. The first-order valence-corrected chi connectivity index (χ1v) is 5.97. The van der Waals surface area contributed by atoms with Gasteiger partial charge in [-0.15, -0.1) is 0 Å². The van der Waals surface area contributed by atoms with Crippen molar-refractivity contribution < 1.29 is 0 Å². The Labute approximate surface area is 106 Å². The van der Waals surface area contributed by atoms with E-state index in [0.717, 1.165) is 33.4 Å². The van der Waals surface area contributed by atoms with Crippen molar-refractivity contribution in [3.8, 4) is 11.3 Å². The number of aryl methyl sites for hydroxylation is 1. The number of hydrogen-bond donors (Lipinski definition) is 1. The van der Waals surface area contributed by atoms with Crippen LogP contribution in [0.15, 0.2) is 54.6 Å². The monoisotopic (exact) mass is 234 g/mol. The molecule has 2 heteroatoms. The van der Waals surface area contributed by atoms with Crippen LogP contribution in [0.1, 0.15) is 5.69 Å². The molecule has 0 spiro atoms. The lowest BCUT2D eigenvalue weighted by Gasteiger charge is -2.08. The third-order valence-corrected chi connectivity index (χ3v) is 3.12. The maximum Gasteiger partial charge on any atom is 0.0711 e. The summed E-state index contributed by atoms with van der Waals surface area (Å²) in [4.78, 5) is 4.58. The first-order valence-electron chi connectivity index (χ1n) is 5.97. The summed E-state index contributed by atoms with van der Waals surface area (Å²) in [6.07, 6.45) is 0. The molecular formula is C16H14N2. The van der Waals surface area contributed by atoms with Crippen LogP contribution in [-0.2, 0) is 0 Å². The van der Waals surface area contributed by atoms with Crippen molar-refractivity contribution in [1.29, 1.82) is 0 Å². The molecule has 1 heterocycles. The van der Waals surface area contributed by atoms with E-state index in [4.69, 9.17) is 5.73 Å². The minimum absolute atomic E-state index is 0.807. The second-order valence-corrected chi connectivity index (χ2v) is 4.41. The van der Waals surface area contributed by atoms with Crippen LogP contribution in [0, 0.1) is 6.92 Å². The summed E-state index contributed by atoms with van der Waals surface area (Å²) < 4.78 is 0. The highest BCUT2D eigenvalue weighted by atomic mass is 14.7. The molecule has 0 saturated heterocycles. The first kappa shape index (κ1) is 10.8. The zero-order valence-corrected chi connectivity index (χ0v) is 10.2. The Morgan fingerprint density at radius 2 is 1.56 bits per heavy atom. The average molecular weight is 234 g/mol. The fraction of sp³-hybridized carbons (Fsp3) is 0.0625. The normalized spacial score (nSPS) is 10.7. The number of hydrogen-bond acceptors (Lipinski definition) is 2. The molecule has 3 aromatic rings. The van der Waals surface area contributed by atoms with Gasteiger partial charge in [-0.05, 0) is 30.5 Å². The summed E-state index contributed by atoms with van der Waals surface area (Å²) in [6, 6.07) is 18.2. The molecule has 0 aliphatic rings. The summed E-state index contributed by atoms with van der Waals surface area (Å²) in [5.41, 5.74) is 9.96. The van der Waals surface area contributed by atoms with Gasteiger partial charge in [0.2, 0.25) is 0 Å². The molecule has 88 valence electrons. The Kier molecular flexibility index (Phi) is 2.49. The summed E-state index contributed by atoms with van der Waals surface area (Å²) in [6.45, 7) is 2.00. The van der Waals surface area contributed by atoms with Gasteiger partial charge in [0.1, 0.15) is 0 Å². The number of anilines is 1. The van der Waals surface area contributed by atoms with Gasteiger partial charge in [0, 0.05) is 22.3 Å². The van der Waals surface area contributed by atoms with E-state index in [0.29, 0.717) is 0 Å². The van der Waals surface area contributed by atoms with Gasteiger partial charge < -0.3 is 5.73 Å². The zero-order valence-electron chi connectivity index (χ0n) is 10.2. The highest BCUT2D eigenvalue weighted by Gasteiger charge is 2.06. The van der Waals surface area contributed by atoms with Crippen LogP contribution < -0.4 is 5.73 Å². The van der Waals surface area contributed by atoms with Gasteiger partial charge in [-0.2, -0.15) is 0 Å². The SMILES string of the molecule is Cc1cccc(-c2cccc3c(N)cccc23)n1. The van der Waals surface area contributed by atoms with Gasteiger partial charge in [-0.3, -0.25) is 4.98 Å². The zero-order chi connectivity index (χ0) is 12.5. The van der Waals surface area contributed by atoms with Gasteiger partial charge in [-0.25, -0.2) is 0 Å². The predicted octanol–water partition coefficient (Wildman–Crippen LogP) is 3.79. The quantitative estimate of drug-likeness (QED) is 0.650. The number of rotatable bonds is 1. The third-order valence-electron chi connectivity index (χ3n) is 3.12. The minimum atomic E-state index is 0.807. The highest BCUT2D eigenvalue weighted by Crippen LogP contribution is 2.30. The number of pyridine rings is 1. The van der Waals surface area contributed by atoms with Crippen molar-refractivity contribution in [2.75, 3.05) is 5.73 Å². The molecule has 1 aromatic heterocycles. The van der Waals surface area contributed by atoms with Crippen molar-refractivity contribution in [2.24, 2.45) is 0 Å². The molecule has 2 aromatic carbocycles. The van der Waals surface area contributed by atoms with Crippen LogP contribution in [0.25, 0.3) is 22.0 Å². The largest absolute Gasteiger partial charge is 0.398 e. The topological polar surface area (TPSA) is 38.9 Å². The summed E-state index contributed by atoms with van der Waals surface area (Å²) in [7, 11) is 0. The number of benzene rings is 2. The molecule has 0 saturated carbocycles. The van der Waals surface area contributed by atoms with Crippen LogP contribution in [0.4, 0.5) is 5.69 Å². The maximum atomic E-state index is 6.01. The van der Waals surface area contributed by atoms with Crippen molar-refractivity contribution in [2.45, 2.75) is 6.92 Å². The fourth-order valence-electron chi connectivity index (χ4n) is 2.25. The molecule has 0 bridgehead atoms. The van der Waals surface area contributed by atoms with E-state index in [-0.39, 0.29) is 0 Å². The van der Waals surface area contributed by atoms with E-state index < -0.39 is 0 Å². The second kappa shape index (κ2) is 4.15. The molecule has 0 unspecified atom stereocenters. The second-order valence-electron chi connectivity index (χ2n) is 4.41. The van der Waals surface area contributed by atoms with Gasteiger partial charge in [0.15, 0.2) is 0 Å². The highest BCUT2D eigenvalue weighted by molar-refractivity contribution is 6.01. The fourth-order valence-corrected chi connectivity index (χ4v) is 2.25. The third kappa shape index (κ3) is 1.72. The van der Waals surface area contributed by atoms with E-state index in [1.54, 1.807) is 0 Å². The summed E-state index contributed by atoms with van der Waals surface area (Å²) in [5, 5.41) is 2.23. The Morgan fingerprint density at radius 1 is 0.833 bits per heavy atom. The van der Waals surface area contributed by atoms with Crippen LogP contribution in [0.3, 0.4) is 0 Å². The number of nitrogen functional groups attached to an aromatic ring is 1. The Balaban J connectivity index is 2.33. The molecule has 0 aliphatic carbocycles. The first-order chi connectivity index (χ1) is 8.75. The Hall–Kier alpha value is -2.35. The van der Waals surface area contributed by atoms with Crippen LogP contribution >= 0.6 is 0 Å². The Bertz CT molecular complexity index is 717. The lowest BCUT2D eigenvalue weighted by atomic mass is 10.0. The maximum absolute atomic E-state index is 6.01. The van der Waals surface area contributed by atoms with Gasteiger partial charge >= 0.3 is 0 Å². The lowest BCUT2D eigenvalue weighted by Crippen LogP contribution is -1.90. The minimum Gasteiger partial charge on any atom is -0.398 e. The van der Waals surface area contributed by atoms with E-state index in [9.17, 15) is 0 Å². The molecule has 3 rings (SSSR count).